The Balaban J connectivity index is 1.34. The molecule has 0 spiro atoms. The minimum atomic E-state index is -0.0282. The number of nitrogens with zero attached hydrogens (tertiary/aromatic N) is 2. The van der Waals surface area contributed by atoms with Crippen molar-refractivity contribution in [1.82, 2.24) is 0 Å². The third-order valence-electron chi connectivity index (χ3n) is 7.16. The smallest absolute Gasteiger partial charge is 0.162 e. The van der Waals surface area contributed by atoms with Crippen LogP contribution >= 0.6 is 0 Å². The monoisotopic (exact) mass is 540 g/mol. The minimum absolute atomic E-state index is 0.0282. The summed E-state index contributed by atoms with van der Waals surface area (Å²) in [5.41, 5.74) is 6.42. The van der Waals surface area contributed by atoms with Gasteiger partial charge in [-0.3, -0.25) is 5.01 Å². The Morgan fingerprint density at radius 2 is 1.29 bits per heavy atom. The fourth-order valence-corrected chi connectivity index (χ4v) is 5.00. The number of hydrogen-bond acceptors (Lipinski definition) is 5. The van der Waals surface area contributed by atoms with E-state index >= 15 is 0 Å². The maximum Gasteiger partial charge on any atom is 0.162 e. The van der Waals surface area contributed by atoms with Gasteiger partial charge in [0, 0.05) is 12.5 Å². The molecule has 0 amide bonds. The van der Waals surface area contributed by atoms with Crippen molar-refractivity contribution in [3.63, 3.8) is 0 Å². The van der Waals surface area contributed by atoms with Crippen molar-refractivity contribution in [2.45, 2.75) is 25.7 Å². The van der Waals surface area contributed by atoms with E-state index in [4.69, 9.17) is 19.3 Å². The van der Waals surface area contributed by atoms with Crippen LogP contribution in [0.15, 0.2) is 139 Å². The molecule has 0 radical (unpaired) electrons. The van der Waals surface area contributed by atoms with Crippen LogP contribution in [-0.2, 0) is 13.2 Å². The molecular formula is C36H32N2O3. The molecule has 0 aliphatic carbocycles. The topological polar surface area (TPSA) is 43.3 Å². The van der Waals surface area contributed by atoms with Crippen LogP contribution in [0.1, 0.15) is 34.7 Å². The van der Waals surface area contributed by atoms with E-state index in [1.807, 2.05) is 66.7 Å². The lowest BCUT2D eigenvalue weighted by molar-refractivity contribution is 0.255. The van der Waals surface area contributed by atoms with Gasteiger partial charge in [0.25, 0.3) is 0 Å². The molecule has 0 aromatic heterocycles. The summed E-state index contributed by atoms with van der Waals surface area (Å²) in [5.74, 6) is 2.21. The van der Waals surface area contributed by atoms with Gasteiger partial charge < -0.3 is 14.2 Å². The van der Waals surface area contributed by atoms with Crippen LogP contribution < -0.4 is 19.2 Å². The summed E-state index contributed by atoms with van der Waals surface area (Å²) in [6.45, 7) is 0.907. The zero-order valence-corrected chi connectivity index (χ0v) is 23.0. The highest BCUT2D eigenvalue weighted by molar-refractivity contribution is 6.03. The number of hydrazone groups is 1. The summed E-state index contributed by atoms with van der Waals surface area (Å²) in [6.07, 6.45) is 0.754. The first-order valence-corrected chi connectivity index (χ1v) is 13.8. The Hall–Kier alpha value is -5.03. The molecule has 5 heteroatoms. The van der Waals surface area contributed by atoms with Crippen molar-refractivity contribution in [3.05, 3.63) is 156 Å². The zero-order valence-electron chi connectivity index (χ0n) is 23.0. The number of anilines is 1. The van der Waals surface area contributed by atoms with E-state index in [0.29, 0.717) is 24.7 Å². The largest absolute Gasteiger partial charge is 0.497 e. The van der Waals surface area contributed by atoms with Crippen molar-refractivity contribution in [2.75, 3.05) is 12.1 Å². The lowest BCUT2D eigenvalue weighted by Crippen LogP contribution is -2.18. The van der Waals surface area contributed by atoms with Gasteiger partial charge in [0.1, 0.15) is 19.0 Å². The van der Waals surface area contributed by atoms with Crippen molar-refractivity contribution in [2.24, 2.45) is 5.10 Å². The zero-order chi connectivity index (χ0) is 27.9. The molecule has 1 unspecified atom stereocenters. The Bertz CT molecular complexity index is 1600. The lowest BCUT2D eigenvalue weighted by Gasteiger charge is -2.25. The van der Waals surface area contributed by atoms with Crippen molar-refractivity contribution in [3.8, 4) is 17.2 Å². The summed E-state index contributed by atoms with van der Waals surface area (Å²) >= 11 is 0. The van der Waals surface area contributed by atoms with E-state index in [9.17, 15) is 0 Å². The normalized spacial score (nSPS) is 14.4. The average molecular weight is 541 g/mol. The third-order valence-corrected chi connectivity index (χ3v) is 7.16. The van der Waals surface area contributed by atoms with Crippen LogP contribution in [0.5, 0.6) is 17.2 Å². The Morgan fingerprint density at radius 3 is 1.95 bits per heavy atom. The molecule has 5 nitrogen and oxygen atoms in total. The molecular weight excluding hydrogens is 508 g/mol. The van der Waals surface area contributed by atoms with Gasteiger partial charge in [-0.15, -0.1) is 0 Å². The first kappa shape index (κ1) is 26.2. The molecule has 0 saturated carbocycles. The average Bonchev–Trinajstić information content (AvgIpc) is 3.50. The van der Waals surface area contributed by atoms with Crippen LogP contribution in [0.4, 0.5) is 5.69 Å². The molecule has 0 fully saturated rings. The van der Waals surface area contributed by atoms with Gasteiger partial charge in [0.15, 0.2) is 11.5 Å². The van der Waals surface area contributed by atoms with E-state index in [1.165, 1.54) is 0 Å². The molecule has 0 saturated heterocycles. The molecule has 1 aliphatic rings. The van der Waals surface area contributed by atoms with Crippen molar-refractivity contribution in [1.29, 1.82) is 0 Å². The quantitative estimate of drug-likeness (QED) is 0.179. The second-order valence-electron chi connectivity index (χ2n) is 9.93. The summed E-state index contributed by atoms with van der Waals surface area (Å²) in [4.78, 5) is 0. The molecule has 0 N–H and O–H groups in total. The SMILES string of the molecule is COc1cccc(N2N=C(c3ccccc3)CC2c2ccc(OCc3ccccc3)c(OCc3ccccc3)c2)c1. The minimum Gasteiger partial charge on any atom is -0.497 e. The highest BCUT2D eigenvalue weighted by atomic mass is 16.5. The fraction of sp³-hybridized carbons (Fsp3) is 0.139. The highest BCUT2D eigenvalue weighted by Crippen LogP contribution is 2.41. The fourth-order valence-electron chi connectivity index (χ4n) is 5.00. The molecule has 1 atom stereocenters. The molecule has 6 rings (SSSR count). The standard InChI is InChI=1S/C36H32N2O3/c1-39-32-19-11-18-31(23-32)38-34(24-33(37-38)29-16-9-4-10-17-29)30-20-21-35(40-25-27-12-5-2-6-13-27)36(22-30)41-26-28-14-7-3-8-15-28/h2-23,34H,24-26H2,1H3. The van der Waals surface area contributed by atoms with Gasteiger partial charge in [-0.05, 0) is 46.5 Å². The number of ether oxygens (including phenoxy) is 3. The van der Waals surface area contributed by atoms with Gasteiger partial charge in [-0.25, -0.2) is 0 Å². The Labute approximate surface area is 241 Å². The first-order valence-electron chi connectivity index (χ1n) is 13.8. The van der Waals surface area contributed by atoms with Gasteiger partial charge >= 0.3 is 0 Å². The second kappa shape index (κ2) is 12.4. The van der Waals surface area contributed by atoms with Crippen LogP contribution in [0.25, 0.3) is 0 Å². The summed E-state index contributed by atoms with van der Waals surface area (Å²) in [7, 11) is 1.68. The first-order chi connectivity index (χ1) is 20.3. The molecule has 204 valence electrons. The van der Waals surface area contributed by atoms with E-state index in [2.05, 4.69) is 71.7 Å². The van der Waals surface area contributed by atoms with Crippen LogP contribution in [0, 0.1) is 0 Å². The van der Waals surface area contributed by atoms with Gasteiger partial charge in [-0.1, -0.05) is 103 Å². The number of benzene rings is 5. The second-order valence-corrected chi connectivity index (χ2v) is 9.93. The van der Waals surface area contributed by atoms with Gasteiger partial charge in [0.05, 0.1) is 24.6 Å². The molecule has 1 aliphatic heterocycles. The molecule has 0 bridgehead atoms. The maximum atomic E-state index is 6.40. The predicted octanol–water partition coefficient (Wildman–Crippen LogP) is 8.21. The summed E-state index contributed by atoms with van der Waals surface area (Å²) in [6, 6.07) is 45.0. The van der Waals surface area contributed by atoms with E-state index < -0.39 is 0 Å². The number of rotatable bonds is 10. The Morgan fingerprint density at radius 1 is 0.659 bits per heavy atom. The number of methoxy groups -OCH3 is 1. The Kier molecular flexibility index (Phi) is 7.95. The molecule has 5 aromatic carbocycles. The summed E-state index contributed by atoms with van der Waals surface area (Å²) < 4.78 is 18.2. The predicted molar refractivity (Wildman–Crippen MR) is 164 cm³/mol. The number of hydrogen-bond donors (Lipinski definition) is 0. The maximum absolute atomic E-state index is 6.40. The van der Waals surface area contributed by atoms with Crippen LogP contribution in [0.3, 0.4) is 0 Å². The summed E-state index contributed by atoms with van der Waals surface area (Å²) in [5, 5.41) is 7.19. The van der Waals surface area contributed by atoms with Crippen LogP contribution in [0.2, 0.25) is 0 Å². The lowest BCUT2D eigenvalue weighted by atomic mass is 9.97. The van der Waals surface area contributed by atoms with Crippen LogP contribution in [-0.4, -0.2) is 12.8 Å². The highest BCUT2D eigenvalue weighted by Gasteiger charge is 2.31. The van der Waals surface area contributed by atoms with E-state index in [0.717, 1.165) is 45.8 Å². The molecule has 41 heavy (non-hydrogen) atoms. The molecule has 1 heterocycles. The third kappa shape index (κ3) is 6.25. The molecule has 5 aromatic rings. The van der Waals surface area contributed by atoms with Crippen molar-refractivity contribution < 1.29 is 14.2 Å². The van der Waals surface area contributed by atoms with E-state index in [-0.39, 0.29) is 6.04 Å². The van der Waals surface area contributed by atoms with E-state index in [1.54, 1.807) is 7.11 Å². The van der Waals surface area contributed by atoms with Gasteiger partial charge in [0.2, 0.25) is 0 Å². The van der Waals surface area contributed by atoms with Gasteiger partial charge in [-0.2, -0.15) is 5.10 Å². The van der Waals surface area contributed by atoms with Crippen molar-refractivity contribution >= 4 is 11.4 Å².